The molecule has 2 N–H and O–H groups in total. The minimum Gasteiger partial charge on any atom is -0.321 e. The third-order valence-corrected chi connectivity index (χ3v) is 6.05. The quantitative estimate of drug-likeness (QED) is 0.511. The molecule has 0 radical (unpaired) electrons. The number of anilines is 2. The lowest BCUT2D eigenvalue weighted by Crippen LogP contribution is -2.36. The van der Waals surface area contributed by atoms with Crippen LogP contribution in [0.1, 0.15) is 30.6 Å². The van der Waals surface area contributed by atoms with E-state index in [1.165, 1.54) is 0 Å². The first-order valence-electron chi connectivity index (χ1n) is 10.6. The highest BCUT2D eigenvalue weighted by Gasteiger charge is 2.24. The van der Waals surface area contributed by atoms with Gasteiger partial charge in [0, 0.05) is 17.8 Å². The summed E-state index contributed by atoms with van der Waals surface area (Å²) in [6.07, 6.45) is 5.85. The van der Waals surface area contributed by atoms with Crippen molar-refractivity contribution in [3.63, 3.8) is 0 Å². The number of hydrogen-bond acceptors (Lipinski definition) is 6. The van der Waals surface area contributed by atoms with Gasteiger partial charge in [0.05, 0.1) is 40.8 Å². The van der Waals surface area contributed by atoms with Crippen molar-refractivity contribution in [2.75, 3.05) is 18.4 Å². The zero-order chi connectivity index (χ0) is 22.2. The zero-order valence-electron chi connectivity index (χ0n) is 17.9. The molecular formula is C23H23FN8. The predicted octanol–water partition coefficient (Wildman–Crippen LogP) is 3.85. The lowest BCUT2D eigenvalue weighted by atomic mass is 9.96. The van der Waals surface area contributed by atoms with Crippen LogP contribution in [0.5, 0.6) is 0 Å². The molecule has 0 aliphatic carbocycles. The van der Waals surface area contributed by atoms with Crippen molar-refractivity contribution in [3.8, 4) is 11.9 Å². The van der Waals surface area contributed by atoms with E-state index in [0.717, 1.165) is 42.5 Å². The van der Waals surface area contributed by atoms with Crippen molar-refractivity contribution >= 4 is 22.5 Å². The maximum Gasteiger partial charge on any atom is 0.229 e. The van der Waals surface area contributed by atoms with Crippen molar-refractivity contribution in [2.24, 2.45) is 5.92 Å². The Bertz CT molecular complexity index is 1330. The first-order valence-corrected chi connectivity index (χ1v) is 10.6. The fourth-order valence-electron chi connectivity index (χ4n) is 4.33. The second-order valence-electron chi connectivity index (χ2n) is 8.17. The molecule has 32 heavy (non-hydrogen) atoms. The Labute approximate surface area is 184 Å². The van der Waals surface area contributed by atoms with Gasteiger partial charge in [-0.05, 0) is 50.6 Å². The summed E-state index contributed by atoms with van der Waals surface area (Å²) in [5, 5.41) is 21.4. The second kappa shape index (κ2) is 8.05. The van der Waals surface area contributed by atoms with Crippen molar-refractivity contribution in [1.29, 1.82) is 5.26 Å². The number of fused-ring (bicyclic) bond motifs is 1. The van der Waals surface area contributed by atoms with E-state index >= 15 is 0 Å². The highest BCUT2D eigenvalue weighted by atomic mass is 19.1. The van der Waals surface area contributed by atoms with Crippen LogP contribution in [0.15, 0.2) is 42.9 Å². The SMILES string of the molecule is Cc1nn(C2CCNCC2C)cc1Nc1ncc(F)c(-n2ccc3c(C#N)cccc32)n1. The Hall–Kier alpha value is -3.77. The molecule has 9 heteroatoms. The molecule has 4 aromatic rings. The lowest BCUT2D eigenvalue weighted by Gasteiger charge is -2.29. The fourth-order valence-corrected chi connectivity index (χ4v) is 4.33. The topological polar surface area (TPSA) is 96.4 Å². The summed E-state index contributed by atoms with van der Waals surface area (Å²) in [5.41, 5.74) is 2.86. The summed E-state index contributed by atoms with van der Waals surface area (Å²) < 4.78 is 18.3. The largest absolute Gasteiger partial charge is 0.321 e. The van der Waals surface area contributed by atoms with Crippen LogP contribution in [0.25, 0.3) is 16.7 Å². The molecule has 0 spiro atoms. The lowest BCUT2D eigenvalue weighted by molar-refractivity contribution is 0.255. The summed E-state index contributed by atoms with van der Waals surface area (Å²) in [4.78, 5) is 8.56. The Kier molecular flexibility index (Phi) is 5.07. The molecule has 1 aromatic carbocycles. The van der Waals surface area contributed by atoms with Gasteiger partial charge in [-0.1, -0.05) is 13.0 Å². The Morgan fingerprint density at radius 3 is 3.00 bits per heavy atom. The maximum absolute atomic E-state index is 14.7. The molecule has 0 bridgehead atoms. The molecule has 162 valence electrons. The molecular weight excluding hydrogens is 407 g/mol. The van der Waals surface area contributed by atoms with Gasteiger partial charge in [0.1, 0.15) is 0 Å². The standard InChI is InChI=1S/C23H23FN8/c1-14-11-26-8-6-20(14)32-13-19(15(2)30-32)28-23-27-12-18(24)22(29-23)31-9-7-17-16(10-25)4-3-5-21(17)31/h3-5,7,9,12-14,20,26H,6,8,11H2,1-2H3,(H,27,28,29). The van der Waals surface area contributed by atoms with Crippen LogP contribution >= 0.6 is 0 Å². The van der Waals surface area contributed by atoms with Gasteiger partial charge in [-0.25, -0.2) is 9.37 Å². The number of aromatic nitrogens is 5. The van der Waals surface area contributed by atoms with E-state index in [0.29, 0.717) is 23.0 Å². The van der Waals surface area contributed by atoms with Crippen molar-refractivity contribution in [1.82, 2.24) is 29.6 Å². The van der Waals surface area contributed by atoms with Crippen LogP contribution in [0, 0.1) is 30.0 Å². The van der Waals surface area contributed by atoms with E-state index in [4.69, 9.17) is 5.10 Å². The van der Waals surface area contributed by atoms with Crippen LogP contribution in [-0.4, -0.2) is 37.4 Å². The average Bonchev–Trinajstić information content (AvgIpc) is 3.39. The van der Waals surface area contributed by atoms with Gasteiger partial charge >= 0.3 is 0 Å². The minimum atomic E-state index is -0.550. The molecule has 5 rings (SSSR count). The number of hydrogen-bond donors (Lipinski definition) is 2. The van der Waals surface area contributed by atoms with E-state index in [-0.39, 0.29) is 11.8 Å². The van der Waals surface area contributed by atoms with Gasteiger partial charge in [-0.3, -0.25) is 9.25 Å². The van der Waals surface area contributed by atoms with Crippen molar-refractivity contribution < 1.29 is 4.39 Å². The van der Waals surface area contributed by atoms with Crippen molar-refractivity contribution in [3.05, 3.63) is 59.9 Å². The summed E-state index contributed by atoms with van der Waals surface area (Å²) >= 11 is 0. The number of aryl methyl sites for hydroxylation is 1. The van der Waals surface area contributed by atoms with Crippen molar-refractivity contribution in [2.45, 2.75) is 26.3 Å². The van der Waals surface area contributed by atoms with E-state index in [9.17, 15) is 9.65 Å². The molecule has 2 atom stereocenters. The number of nitriles is 1. The summed E-state index contributed by atoms with van der Waals surface area (Å²) in [6.45, 7) is 6.09. The maximum atomic E-state index is 14.7. The monoisotopic (exact) mass is 430 g/mol. The number of rotatable bonds is 4. The molecule has 2 unspecified atom stereocenters. The molecule has 4 heterocycles. The van der Waals surface area contributed by atoms with Crippen LogP contribution in [0.2, 0.25) is 0 Å². The minimum absolute atomic E-state index is 0.115. The second-order valence-corrected chi connectivity index (χ2v) is 8.17. The van der Waals surface area contributed by atoms with Gasteiger partial charge in [-0.2, -0.15) is 15.3 Å². The first kappa shape index (κ1) is 20.2. The highest BCUT2D eigenvalue weighted by Crippen LogP contribution is 2.28. The van der Waals surface area contributed by atoms with Crippen LogP contribution in [0.4, 0.5) is 16.0 Å². The predicted molar refractivity (Wildman–Crippen MR) is 119 cm³/mol. The van der Waals surface area contributed by atoms with Crippen LogP contribution in [0.3, 0.4) is 0 Å². The number of halogens is 1. The summed E-state index contributed by atoms with van der Waals surface area (Å²) in [6, 6.07) is 9.63. The number of piperidine rings is 1. The van der Waals surface area contributed by atoms with Gasteiger partial charge < -0.3 is 10.6 Å². The molecule has 1 aliphatic heterocycles. The summed E-state index contributed by atoms with van der Waals surface area (Å²) in [7, 11) is 0. The zero-order valence-corrected chi connectivity index (χ0v) is 17.9. The number of nitrogens with one attached hydrogen (secondary N) is 2. The normalized spacial score (nSPS) is 18.6. The third kappa shape index (κ3) is 3.48. The van der Waals surface area contributed by atoms with E-state index in [1.54, 1.807) is 29.0 Å². The molecule has 3 aromatic heterocycles. The highest BCUT2D eigenvalue weighted by molar-refractivity contribution is 5.87. The molecule has 1 saturated heterocycles. The van der Waals surface area contributed by atoms with E-state index in [1.807, 2.05) is 23.9 Å². The Morgan fingerprint density at radius 2 is 2.19 bits per heavy atom. The van der Waals surface area contributed by atoms with Gasteiger partial charge in [-0.15, -0.1) is 0 Å². The molecule has 0 amide bonds. The third-order valence-electron chi connectivity index (χ3n) is 6.05. The average molecular weight is 430 g/mol. The number of nitrogens with zero attached hydrogens (tertiary/aromatic N) is 6. The molecule has 1 fully saturated rings. The smallest absolute Gasteiger partial charge is 0.229 e. The Balaban J connectivity index is 1.48. The Morgan fingerprint density at radius 1 is 1.31 bits per heavy atom. The summed E-state index contributed by atoms with van der Waals surface area (Å²) in [5.74, 6) is 0.321. The van der Waals surface area contributed by atoms with Gasteiger partial charge in [0.2, 0.25) is 5.95 Å². The van der Waals surface area contributed by atoms with Crippen LogP contribution in [-0.2, 0) is 0 Å². The molecule has 1 aliphatic rings. The van der Waals surface area contributed by atoms with Gasteiger partial charge in [0.25, 0.3) is 0 Å². The fraction of sp³-hybridized carbons (Fsp3) is 0.304. The molecule has 0 saturated carbocycles. The van der Waals surface area contributed by atoms with E-state index < -0.39 is 5.82 Å². The molecule has 8 nitrogen and oxygen atoms in total. The first-order chi connectivity index (χ1) is 15.5. The van der Waals surface area contributed by atoms with Crippen LogP contribution < -0.4 is 10.6 Å². The number of benzene rings is 1. The van der Waals surface area contributed by atoms with Gasteiger partial charge in [0.15, 0.2) is 11.6 Å². The van der Waals surface area contributed by atoms with E-state index in [2.05, 4.69) is 33.6 Å².